The van der Waals surface area contributed by atoms with Crippen LogP contribution in [0.15, 0.2) is 12.1 Å². The molecule has 21 heavy (non-hydrogen) atoms. The number of carbonyl (C=O) groups excluding carboxylic acids is 1. The minimum atomic E-state index is -0.993. The normalized spacial score (nSPS) is 17.7. The number of benzene rings is 1. The van der Waals surface area contributed by atoms with Crippen LogP contribution in [0.3, 0.4) is 0 Å². The van der Waals surface area contributed by atoms with Crippen molar-refractivity contribution in [1.29, 1.82) is 0 Å². The van der Waals surface area contributed by atoms with Gasteiger partial charge in [0, 0.05) is 12.1 Å². The summed E-state index contributed by atoms with van der Waals surface area (Å²) in [5.41, 5.74) is 0.283. The molecule has 1 saturated heterocycles. The zero-order chi connectivity index (χ0) is 15.6. The molecule has 1 N–H and O–H groups in total. The molecule has 0 bridgehead atoms. The van der Waals surface area contributed by atoms with Crippen LogP contribution in [-0.2, 0) is 4.79 Å². The summed E-state index contributed by atoms with van der Waals surface area (Å²) in [5.74, 6) is -0.693. The lowest BCUT2D eigenvalue weighted by atomic mass is 10.1. The number of hydrogen-bond acceptors (Lipinski definition) is 4. The van der Waals surface area contributed by atoms with E-state index in [4.69, 9.17) is 26.2 Å². The van der Waals surface area contributed by atoms with Gasteiger partial charge >= 0.3 is 5.97 Å². The first-order chi connectivity index (χ1) is 9.99. The summed E-state index contributed by atoms with van der Waals surface area (Å²) >= 11 is 6.07. The molecule has 0 aliphatic carbocycles. The maximum Gasteiger partial charge on any atom is 0.326 e. The molecule has 1 aromatic rings. The Morgan fingerprint density at radius 3 is 2.62 bits per heavy atom. The van der Waals surface area contributed by atoms with E-state index in [0.717, 1.165) is 0 Å². The molecule has 0 radical (unpaired) electrons. The number of carbonyl (C=O) groups is 2. The summed E-state index contributed by atoms with van der Waals surface area (Å²) < 4.78 is 10.3. The highest BCUT2D eigenvalue weighted by Gasteiger charge is 2.34. The van der Waals surface area contributed by atoms with Gasteiger partial charge in [-0.05, 0) is 25.0 Å². The zero-order valence-electron chi connectivity index (χ0n) is 11.8. The second kappa shape index (κ2) is 6.22. The van der Waals surface area contributed by atoms with Gasteiger partial charge < -0.3 is 19.5 Å². The Labute approximate surface area is 127 Å². The van der Waals surface area contributed by atoms with Gasteiger partial charge in [0.25, 0.3) is 5.91 Å². The van der Waals surface area contributed by atoms with Crippen molar-refractivity contribution in [2.75, 3.05) is 20.8 Å². The van der Waals surface area contributed by atoms with Gasteiger partial charge in [-0.15, -0.1) is 0 Å². The number of halogens is 1. The van der Waals surface area contributed by atoms with E-state index in [1.165, 1.54) is 31.3 Å². The van der Waals surface area contributed by atoms with Gasteiger partial charge in [-0.2, -0.15) is 0 Å². The molecule has 7 heteroatoms. The quantitative estimate of drug-likeness (QED) is 0.920. The fourth-order valence-corrected chi connectivity index (χ4v) is 2.76. The summed E-state index contributed by atoms with van der Waals surface area (Å²) in [6.45, 7) is 0.418. The zero-order valence-corrected chi connectivity index (χ0v) is 12.5. The third-order valence-corrected chi connectivity index (χ3v) is 3.76. The van der Waals surface area contributed by atoms with Crippen LogP contribution in [0.25, 0.3) is 0 Å². The van der Waals surface area contributed by atoms with Crippen molar-refractivity contribution >= 4 is 23.5 Å². The van der Waals surface area contributed by atoms with Crippen molar-refractivity contribution in [1.82, 2.24) is 4.90 Å². The third kappa shape index (κ3) is 2.90. The fraction of sp³-hybridized carbons (Fsp3) is 0.429. The van der Waals surface area contributed by atoms with Gasteiger partial charge in [0.05, 0.1) is 19.2 Å². The standard InChI is InChI=1S/C14H16ClNO5/c1-20-11-7-8(6-9(15)12(11)21-2)13(17)16-5-3-4-10(16)14(18)19/h6-7,10H,3-5H2,1-2H3,(H,18,19)/t10-/m1/s1. The van der Waals surface area contributed by atoms with Crippen LogP contribution in [0.1, 0.15) is 23.2 Å². The first-order valence-corrected chi connectivity index (χ1v) is 6.82. The van der Waals surface area contributed by atoms with Crippen LogP contribution in [-0.4, -0.2) is 48.7 Å². The number of hydrogen-bond donors (Lipinski definition) is 1. The van der Waals surface area contributed by atoms with Crippen molar-refractivity contribution < 1.29 is 24.2 Å². The summed E-state index contributed by atoms with van der Waals surface area (Å²) in [6.07, 6.45) is 1.13. The van der Waals surface area contributed by atoms with E-state index < -0.39 is 12.0 Å². The number of ether oxygens (including phenoxy) is 2. The van der Waals surface area contributed by atoms with E-state index in [1.54, 1.807) is 0 Å². The van der Waals surface area contributed by atoms with Gasteiger partial charge in [0.15, 0.2) is 11.5 Å². The van der Waals surface area contributed by atoms with Crippen molar-refractivity contribution in [3.8, 4) is 11.5 Å². The van der Waals surface area contributed by atoms with E-state index >= 15 is 0 Å². The largest absolute Gasteiger partial charge is 0.493 e. The van der Waals surface area contributed by atoms with Crippen LogP contribution in [0.4, 0.5) is 0 Å². The lowest BCUT2D eigenvalue weighted by Gasteiger charge is -2.22. The predicted molar refractivity (Wildman–Crippen MR) is 76.3 cm³/mol. The average molecular weight is 314 g/mol. The van der Waals surface area contributed by atoms with E-state index in [0.29, 0.717) is 30.9 Å². The molecule has 1 aliphatic rings. The van der Waals surface area contributed by atoms with Crippen LogP contribution in [0.2, 0.25) is 5.02 Å². The molecule has 2 rings (SSSR count). The molecule has 1 aliphatic heterocycles. The van der Waals surface area contributed by atoms with Crippen LogP contribution in [0, 0.1) is 0 Å². The molecular formula is C14H16ClNO5. The highest BCUT2D eigenvalue weighted by molar-refractivity contribution is 6.32. The van der Waals surface area contributed by atoms with Crippen LogP contribution in [0.5, 0.6) is 11.5 Å². The summed E-state index contributed by atoms with van der Waals surface area (Å²) in [5, 5.41) is 9.39. The molecular weight excluding hydrogens is 298 g/mol. The number of carboxylic acids is 1. The smallest absolute Gasteiger partial charge is 0.326 e. The minimum Gasteiger partial charge on any atom is -0.493 e. The number of nitrogens with zero attached hydrogens (tertiary/aromatic N) is 1. The Morgan fingerprint density at radius 2 is 2.05 bits per heavy atom. The highest BCUT2D eigenvalue weighted by Crippen LogP contribution is 2.36. The van der Waals surface area contributed by atoms with Gasteiger partial charge in [-0.3, -0.25) is 4.79 Å². The minimum absolute atomic E-state index is 0.242. The maximum absolute atomic E-state index is 12.5. The molecule has 1 atom stereocenters. The van der Waals surface area contributed by atoms with E-state index in [-0.39, 0.29) is 16.5 Å². The van der Waals surface area contributed by atoms with E-state index in [1.807, 2.05) is 0 Å². The Morgan fingerprint density at radius 1 is 1.33 bits per heavy atom. The first kappa shape index (κ1) is 15.4. The molecule has 0 spiro atoms. The van der Waals surface area contributed by atoms with E-state index in [2.05, 4.69) is 0 Å². The Bertz CT molecular complexity index is 575. The number of carboxylic acid groups (broad SMARTS) is 1. The van der Waals surface area contributed by atoms with Crippen molar-refractivity contribution in [3.63, 3.8) is 0 Å². The number of methoxy groups -OCH3 is 2. The van der Waals surface area contributed by atoms with Gasteiger partial charge in [0.1, 0.15) is 6.04 Å². The van der Waals surface area contributed by atoms with Gasteiger partial charge in [-0.1, -0.05) is 11.6 Å². The van der Waals surface area contributed by atoms with Crippen molar-refractivity contribution in [2.45, 2.75) is 18.9 Å². The SMILES string of the molecule is COc1cc(C(=O)N2CCC[C@@H]2C(=O)O)cc(Cl)c1OC. The lowest BCUT2D eigenvalue weighted by Crippen LogP contribution is -2.40. The molecule has 1 aromatic carbocycles. The van der Waals surface area contributed by atoms with Gasteiger partial charge in [-0.25, -0.2) is 4.79 Å². The average Bonchev–Trinajstić information content (AvgIpc) is 2.95. The van der Waals surface area contributed by atoms with Crippen LogP contribution >= 0.6 is 11.6 Å². The third-order valence-electron chi connectivity index (χ3n) is 3.48. The number of amides is 1. The first-order valence-electron chi connectivity index (χ1n) is 6.45. The van der Waals surface area contributed by atoms with Crippen LogP contribution < -0.4 is 9.47 Å². The fourth-order valence-electron chi connectivity index (χ4n) is 2.47. The maximum atomic E-state index is 12.5. The molecule has 0 aromatic heterocycles. The number of likely N-dealkylation sites (tertiary alicyclic amines) is 1. The van der Waals surface area contributed by atoms with E-state index in [9.17, 15) is 9.59 Å². The summed E-state index contributed by atoms with van der Waals surface area (Å²) in [6, 6.07) is 2.18. The second-order valence-electron chi connectivity index (χ2n) is 4.69. The highest BCUT2D eigenvalue weighted by atomic mass is 35.5. The van der Waals surface area contributed by atoms with Gasteiger partial charge in [0.2, 0.25) is 0 Å². The van der Waals surface area contributed by atoms with Crippen molar-refractivity contribution in [2.24, 2.45) is 0 Å². The predicted octanol–water partition coefficient (Wildman–Crippen LogP) is 2.05. The monoisotopic (exact) mass is 313 g/mol. The second-order valence-corrected chi connectivity index (χ2v) is 5.10. The Hall–Kier alpha value is -1.95. The number of aliphatic carboxylic acids is 1. The number of rotatable bonds is 4. The molecule has 1 fully saturated rings. The molecule has 0 saturated carbocycles. The Balaban J connectivity index is 2.35. The molecule has 114 valence electrons. The lowest BCUT2D eigenvalue weighted by molar-refractivity contribution is -0.141. The summed E-state index contributed by atoms with van der Waals surface area (Å²) in [4.78, 5) is 25.0. The molecule has 1 amide bonds. The van der Waals surface area contributed by atoms with Crippen molar-refractivity contribution in [3.05, 3.63) is 22.7 Å². The molecule has 0 unspecified atom stereocenters. The summed E-state index contributed by atoms with van der Waals surface area (Å²) in [7, 11) is 2.89. The molecule has 6 nitrogen and oxygen atoms in total. The molecule has 1 heterocycles. The topological polar surface area (TPSA) is 76.1 Å². The Kier molecular flexibility index (Phi) is 4.57.